The van der Waals surface area contributed by atoms with Crippen molar-refractivity contribution in [1.29, 1.82) is 0 Å². The lowest BCUT2D eigenvalue weighted by atomic mass is 9.72. The van der Waals surface area contributed by atoms with E-state index in [9.17, 15) is 34.8 Å². The fourth-order valence-electron chi connectivity index (χ4n) is 7.37. The van der Waals surface area contributed by atoms with Gasteiger partial charge in [0, 0.05) is 55.5 Å². The van der Waals surface area contributed by atoms with E-state index in [1.807, 2.05) is 0 Å². The number of ketones is 3. The van der Waals surface area contributed by atoms with Crippen LogP contribution in [0.1, 0.15) is 89.1 Å². The van der Waals surface area contributed by atoms with E-state index in [0.717, 1.165) is 0 Å². The molecule has 2 aliphatic carbocycles. The Bertz CT molecular complexity index is 1630. The molecule has 0 unspecified atom stereocenters. The first kappa shape index (κ1) is 34.4. The second kappa shape index (κ2) is 12.8. The summed E-state index contributed by atoms with van der Waals surface area (Å²) in [6, 6.07) is 3.80. The lowest BCUT2D eigenvalue weighted by Crippen LogP contribution is -2.57. The molecule has 6 rings (SSSR count). The Hall–Kier alpha value is -3.47. The predicted octanol–water partition coefficient (Wildman–Crippen LogP) is 1.56. The van der Waals surface area contributed by atoms with Crippen molar-refractivity contribution in [3.63, 3.8) is 0 Å². The molecule has 0 bridgehead atoms. The topological polar surface area (TPSA) is 214 Å². The molecule has 14 nitrogen and oxygen atoms in total. The molecule has 2 aromatic carbocycles. The Morgan fingerprint density at radius 3 is 2.27 bits per heavy atom. The van der Waals surface area contributed by atoms with Gasteiger partial charge in [-0.25, -0.2) is 0 Å². The average molecular weight is 672 g/mol. The Kier molecular flexibility index (Phi) is 9.15. The van der Waals surface area contributed by atoms with Crippen LogP contribution >= 0.6 is 0 Å². The molecule has 10 atom stereocenters. The van der Waals surface area contributed by atoms with Crippen molar-refractivity contribution >= 4 is 17.3 Å². The number of carbonyl (C=O) groups is 3. The van der Waals surface area contributed by atoms with Crippen molar-refractivity contribution in [2.24, 2.45) is 5.73 Å². The number of carbonyl (C=O) groups excluding carboxylic acids is 3. The molecule has 2 fully saturated rings. The van der Waals surface area contributed by atoms with E-state index >= 15 is 0 Å². The van der Waals surface area contributed by atoms with Crippen molar-refractivity contribution in [3.05, 3.63) is 51.6 Å². The summed E-state index contributed by atoms with van der Waals surface area (Å²) in [6.45, 7) is 4.63. The molecule has 2 aromatic rings. The number of methoxy groups -OCH3 is 2. The van der Waals surface area contributed by atoms with E-state index in [-0.39, 0.29) is 47.3 Å². The van der Waals surface area contributed by atoms with Crippen LogP contribution in [0.25, 0.3) is 0 Å². The molecule has 2 saturated heterocycles. The summed E-state index contributed by atoms with van der Waals surface area (Å²) < 4.78 is 35.2. The number of aliphatic hydroxyl groups excluding tert-OH is 1. The van der Waals surface area contributed by atoms with Crippen molar-refractivity contribution in [1.82, 2.24) is 0 Å². The van der Waals surface area contributed by atoms with E-state index in [1.54, 1.807) is 13.8 Å². The number of ether oxygens (including phenoxy) is 6. The number of phenols is 2. The lowest BCUT2D eigenvalue weighted by Gasteiger charge is -2.44. The summed E-state index contributed by atoms with van der Waals surface area (Å²) >= 11 is 0. The summed E-state index contributed by atoms with van der Waals surface area (Å²) in [7, 11) is 2.84. The number of aromatic hydroxyl groups is 2. The second-order valence-electron chi connectivity index (χ2n) is 13.0. The summed E-state index contributed by atoms with van der Waals surface area (Å²) in [6.07, 6.45) is -6.61. The number of hydrogen-bond donors (Lipinski definition) is 5. The van der Waals surface area contributed by atoms with E-state index < -0.39 is 107 Å². The molecule has 0 aromatic heterocycles. The summed E-state index contributed by atoms with van der Waals surface area (Å²) in [5.41, 5.74) is 3.41. The number of nitrogens with two attached hydrogens (primary N) is 1. The Morgan fingerprint density at radius 2 is 1.62 bits per heavy atom. The zero-order valence-corrected chi connectivity index (χ0v) is 27.3. The Balaban J connectivity index is 1.31. The van der Waals surface area contributed by atoms with Gasteiger partial charge in [-0.1, -0.05) is 12.1 Å². The number of rotatable bonds is 7. The monoisotopic (exact) mass is 671 g/mol. The number of hydrogen-bond acceptors (Lipinski definition) is 14. The molecule has 6 N–H and O–H groups in total. The SMILES string of the molecule is COc1cccc2c1C(=O)c1c(O)c3c(c(O)c1C2=O)C[C@@](O)(C(C)=O)C[C@@H]3O[C@H]1C[C@H](N)[C@H](O[C@H]2C[C@H](OC)[C@@H](O)[C@H](C)O2)[C@H](C)O1. The van der Waals surface area contributed by atoms with Gasteiger partial charge < -0.3 is 54.6 Å². The predicted molar refractivity (Wildman–Crippen MR) is 165 cm³/mol. The third kappa shape index (κ3) is 5.59. The van der Waals surface area contributed by atoms with Gasteiger partial charge in [0.1, 0.15) is 35.1 Å². The van der Waals surface area contributed by atoms with Gasteiger partial charge in [0.25, 0.3) is 0 Å². The van der Waals surface area contributed by atoms with Crippen LogP contribution in [0.15, 0.2) is 18.2 Å². The third-order valence-corrected chi connectivity index (χ3v) is 10.0. The van der Waals surface area contributed by atoms with Gasteiger partial charge in [0.05, 0.1) is 48.2 Å². The molecule has 0 radical (unpaired) electrons. The molecular formula is C34H41NO13. The zero-order chi connectivity index (χ0) is 34.8. The van der Waals surface area contributed by atoms with Crippen LogP contribution in [0.5, 0.6) is 17.2 Å². The number of phenolic OH excluding ortho intramolecular Hbond substituents is 2. The fourth-order valence-corrected chi connectivity index (χ4v) is 7.37. The van der Waals surface area contributed by atoms with Gasteiger partial charge in [-0.3, -0.25) is 14.4 Å². The van der Waals surface area contributed by atoms with Gasteiger partial charge in [-0.05, 0) is 26.8 Å². The first-order valence-electron chi connectivity index (χ1n) is 15.9. The average Bonchev–Trinajstić information content (AvgIpc) is 3.04. The summed E-state index contributed by atoms with van der Waals surface area (Å²) in [4.78, 5) is 40.3. The van der Waals surface area contributed by atoms with Crippen LogP contribution in [0, 0.1) is 0 Å². The standard InChI is InChI=1S/C34H41NO13/c1-13-28(37)20(44-5)10-23(45-13)48-33-14(2)46-22(9-18(33)35)47-21-12-34(42,15(3)36)11-17-25(21)32(41)27-26(30(17)39)29(38)16-7-6-8-19(43-4)24(16)31(27)40/h6-8,13-14,18,20-23,28,33,37,39,41-42H,9-12,35H2,1-5H3/t13-,14-,18-,20-,21-,22-,23-,28-,33+,34-/m0/s1. The molecular weight excluding hydrogens is 630 g/mol. The van der Waals surface area contributed by atoms with E-state index in [4.69, 9.17) is 34.2 Å². The Labute approximate surface area is 276 Å². The second-order valence-corrected chi connectivity index (χ2v) is 13.0. The van der Waals surface area contributed by atoms with Gasteiger partial charge in [0.15, 0.2) is 24.1 Å². The van der Waals surface area contributed by atoms with Crippen LogP contribution in [0.4, 0.5) is 0 Å². The summed E-state index contributed by atoms with van der Waals surface area (Å²) in [5, 5.41) is 45.0. The molecule has 0 spiro atoms. The minimum Gasteiger partial charge on any atom is -0.507 e. The third-order valence-electron chi connectivity index (χ3n) is 10.0. The molecule has 14 heteroatoms. The highest BCUT2D eigenvalue weighted by Gasteiger charge is 2.50. The largest absolute Gasteiger partial charge is 0.507 e. The van der Waals surface area contributed by atoms with Gasteiger partial charge in [0.2, 0.25) is 5.78 Å². The molecule has 48 heavy (non-hydrogen) atoms. The number of fused-ring (bicyclic) bond motifs is 3. The quantitative estimate of drug-likeness (QED) is 0.226. The van der Waals surface area contributed by atoms with Crippen LogP contribution in [0.2, 0.25) is 0 Å². The number of Topliss-reactive ketones (excluding diaryl/α,β-unsaturated/α-hetero) is 1. The molecule has 2 aliphatic heterocycles. The number of aliphatic hydroxyl groups is 2. The zero-order valence-electron chi connectivity index (χ0n) is 27.3. The van der Waals surface area contributed by atoms with Gasteiger partial charge in [-0.2, -0.15) is 0 Å². The van der Waals surface area contributed by atoms with Crippen LogP contribution < -0.4 is 10.5 Å². The van der Waals surface area contributed by atoms with Crippen LogP contribution in [-0.4, -0.2) is 107 Å². The minimum absolute atomic E-state index is 0.0238. The lowest BCUT2D eigenvalue weighted by molar-refractivity contribution is -0.304. The maximum Gasteiger partial charge on any atom is 0.202 e. The van der Waals surface area contributed by atoms with Crippen molar-refractivity contribution in [3.8, 4) is 17.2 Å². The van der Waals surface area contributed by atoms with Crippen molar-refractivity contribution in [2.75, 3.05) is 14.2 Å². The summed E-state index contributed by atoms with van der Waals surface area (Å²) in [5.74, 6) is -3.24. The van der Waals surface area contributed by atoms with E-state index in [2.05, 4.69) is 0 Å². The Morgan fingerprint density at radius 1 is 0.958 bits per heavy atom. The minimum atomic E-state index is -2.04. The van der Waals surface area contributed by atoms with Crippen LogP contribution in [-0.2, 0) is 34.9 Å². The first-order valence-corrected chi connectivity index (χ1v) is 15.9. The molecule has 0 amide bonds. The van der Waals surface area contributed by atoms with Gasteiger partial charge in [-0.15, -0.1) is 0 Å². The molecule has 2 heterocycles. The first-order chi connectivity index (χ1) is 22.7. The maximum atomic E-state index is 13.9. The van der Waals surface area contributed by atoms with Crippen molar-refractivity contribution < 1.29 is 63.2 Å². The molecule has 0 saturated carbocycles. The highest BCUT2D eigenvalue weighted by Crippen LogP contribution is 2.52. The van der Waals surface area contributed by atoms with E-state index in [0.29, 0.717) is 0 Å². The fraction of sp³-hybridized carbons (Fsp3) is 0.559. The smallest absolute Gasteiger partial charge is 0.202 e. The van der Waals surface area contributed by atoms with Crippen molar-refractivity contribution in [2.45, 2.75) is 107 Å². The highest BCUT2D eigenvalue weighted by atomic mass is 16.7. The molecule has 260 valence electrons. The molecule has 4 aliphatic rings. The number of benzene rings is 2. The van der Waals surface area contributed by atoms with Gasteiger partial charge >= 0.3 is 0 Å². The van der Waals surface area contributed by atoms with Crippen LogP contribution in [0.3, 0.4) is 0 Å². The van der Waals surface area contributed by atoms with E-state index in [1.165, 1.54) is 39.3 Å². The highest BCUT2D eigenvalue weighted by molar-refractivity contribution is 6.31. The normalized spacial score (nSPS) is 34.6. The maximum absolute atomic E-state index is 13.9.